The summed E-state index contributed by atoms with van der Waals surface area (Å²) in [6, 6.07) is 36.3. The van der Waals surface area contributed by atoms with E-state index >= 15 is 0 Å². The van der Waals surface area contributed by atoms with Crippen LogP contribution >= 0.6 is 0 Å². The van der Waals surface area contributed by atoms with Crippen LogP contribution in [0.4, 0.5) is 0 Å². The van der Waals surface area contributed by atoms with Crippen LogP contribution in [-0.2, 0) is 19.4 Å². The normalized spacial score (nSPS) is 11.2. The largest absolute Gasteiger partial charge is 0.496 e. The Morgan fingerprint density at radius 1 is 0.610 bits per heavy atom. The van der Waals surface area contributed by atoms with Crippen molar-refractivity contribution in [3.8, 4) is 11.5 Å². The van der Waals surface area contributed by atoms with Crippen LogP contribution in [0.3, 0.4) is 0 Å². The summed E-state index contributed by atoms with van der Waals surface area (Å²) in [5.74, 6) is 1.89. The van der Waals surface area contributed by atoms with Crippen LogP contribution in [0.2, 0.25) is 0 Å². The minimum absolute atomic E-state index is 0.880. The second-order valence-electron chi connectivity index (χ2n) is 10.4. The van der Waals surface area contributed by atoms with Gasteiger partial charge in [0.25, 0.3) is 0 Å². The number of nitrogens with zero attached hydrogens (tertiary/aromatic N) is 1. The molecule has 0 fully saturated rings. The van der Waals surface area contributed by atoms with Gasteiger partial charge in [0.1, 0.15) is 11.5 Å². The molecule has 7 aromatic rings. The Hall–Kier alpha value is -4.70. The Labute approximate surface area is 241 Å². The molecule has 7 rings (SSSR count). The first-order valence-corrected chi connectivity index (χ1v) is 14.3. The lowest BCUT2D eigenvalue weighted by Gasteiger charge is -2.13. The number of nitrogens with one attached hydrogen (secondary N) is 1. The zero-order valence-electron chi connectivity index (χ0n) is 24.2. The van der Waals surface area contributed by atoms with Gasteiger partial charge in [-0.15, -0.1) is 0 Å². The molecule has 4 nitrogen and oxygen atoms in total. The number of methoxy groups -OCH3 is 2. The van der Waals surface area contributed by atoms with Gasteiger partial charge in [-0.05, 0) is 53.4 Å². The minimum Gasteiger partial charge on any atom is -0.496 e. The molecule has 0 saturated carbocycles. The molecule has 5 aromatic carbocycles. The van der Waals surface area contributed by atoms with Crippen molar-refractivity contribution in [3.63, 3.8) is 0 Å². The van der Waals surface area contributed by atoms with Gasteiger partial charge in [0.05, 0.1) is 25.3 Å². The minimum atomic E-state index is 0.880. The molecule has 0 bridgehead atoms. The third-order valence-corrected chi connectivity index (χ3v) is 7.97. The predicted molar refractivity (Wildman–Crippen MR) is 173 cm³/mol. The topological polar surface area (TPSA) is 39.2 Å². The molecule has 0 saturated heterocycles. The van der Waals surface area contributed by atoms with Gasteiger partial charge in [0, 0.05) is 39.5 Å². The van der Waals surface area contributed by atoms with Crippen LogP contribution in [0.15, 0.2) is 103 Å². The Balaban J connectivity index is 0.000000156. The number of fused-ring (bicyclic) bond motifs is 6. The number of aromatic amines is 1. The van der Waals surface area contributed by atoms with E-state index in [4.69, 9.17) is 9.47 Å². The second kappa shape index (κ2) is 11.4. The van der Waals surface area contributed by atoms with Gasteiger partial charge in [-0.25, -0.2) is 0 Å². The number of ether oxygens (including phenoxy) is 2. The predicted octanol–water partition coefficient (Wildman–Crippen LogP) is 9.31. The fourth-order valence-corrected chi connectivity index (χ4v) is 5.89. The van der Waals surface area contributed by atoms with E-state index in [0.717, 1.165) is 30.9 Å². The summed E-state index contributed by atoms with van der Waals surface area (Å²) in [5, 5.41) is 7.33. The fourth-order valence-electron chi connectivity index (χ4n) is 5.89. The maximum Gasteiger partial charge on any atom is 0.128 e. The van der Waals surface area contributed by atoms with E-state index in [1.165, 1.54) is 60.3 Å². The number of hydrogen-bond acceptors (Lipinski definition) is 2. The highest BCUT2D eigenvalue weighted by Gasteiger charge is 2.15. The highest BCUT2D eigenvalue weighted by atomic mass is 16.5. The standard InChI is InChI=1S/C22H21NO.C15H15NO/c1-3-18-14-20-21(24-2)13-17-11-7-8-12-19(17)22(20)23(18)15-16-9-5-4-6-10-16;1-3-11-9-13-14(17-2)8-10-6-4-5-7-12(10)15(13)16-11/h4-14H,3,15H2,1-2H3;4-9,16H,3H2,1-2H3. The molecule has 2 aromatic heterocycles. The van der Waals surface area contributed by atoms with Crippen molar-refractivity contribution in [2.75, 3.05) is 14.2 Å². The Morgan fingerprint density at radius 3 is 1.88 bits per heavy atom. The van der Waals surface area contributed by atoms with Gasteiger partial charge in [0.2, 0.25) is 0 Å². The van der Waals surface area contributed by atoms with Crippen LogP contribution in [0.5, 0.6) is 11.5 Å². The number of rotatable bonds is 6. The van der Waals surface area contributed by atoms with Gasteiger partial charge in [-0.3, -0.25) is 0 Å². The molecule has 206 valence electrons. The number of hydrogen-bond donors (Lipinski definition) is 1. The molecule has 4 heteroatoms. The zero-order valence-corrected chi connectivity index (χ0v) is 24.2. The van der Waals surface area contributed by atoms with Crippen LogP contribution in [-0.4, -0.2) is 23.8 Å². The van der Waals surface area contributed by atoms with Crippen LogP contribution in [0.1, 0.15) is 30.8 Å². The van der Waals surface area contributed by atoms with Crippen LogP contribution < -0.4 is 9.47 Å². The molecule has 0 aliphatic rings. The number of aryl methyl sites for hydroxylation is 2. The molecule has 0 unspecified atom stereocenters. The summed E-state index contributed by atoms with van der Waals surface area (Å²) in [5.41, 5.74) is 6.34. The van der Waals surface area contributed by atoms with E-state index in [9.17, 15) is 0 Å². The Kier molecular flexibility index (Phi) is 7.39. The number of benzene rings is 5. The summed E-state index contributed by atoms with van der Waals surface area (Å²) in [6.45, 7) is 5.24. The maximum absolute atomic E-state index is 5.69. The SMILES string of the molecule is CCc1cc2c(OC)cc3ccccc3c2[nH]1.CCc1cc2c(OC)cc3ccccc3c2n1Cc1ccccc1. The summed E-state index contributed by atoms with van der Waals surface area (Å²) < 4.78 is 13.6. The van der Waals surface area contributed by atoms with Crippen molar-refractivity contribution in [2.24, 2.45) is 0 Å². The molecule has 0 aliphatic carbocycles. The maximum atomic E-state index is 5.69. The molecule has 41 heavy (non-hydrogen) atoms. The molecule has 2 heterocycles. The van der Waals surface area contributed by atoms with Crippen molar-refractivity contribution in [1.29, 1.82) is 0 Å². The second-order valence-corrected chi connectivity index (χ2v) is 10.4. The van der Waals surface area contributed by atoms with Crippen LogP contribution in [0.25, 0.3) is 43.4 Å². The molecule has 0 amide bonds. The zero-order chi connectivity index (χ0) is 28.3. The molecular weight excluding hydrogens is 504 g/mol. The van der Waals surface area contributed by atoms with Gasteiger partial charge in [-0.1, -0.05) is 92.7 Å². The number of aromatic nitrogens is 2. The van der Waals surface area contributed by atoms with Crippen molar-refractivity contribution in [2.45, 2.75) is 33.2 Å². The highest BCUT2D eigenvalue weighted by molar-refractivity contribution is 6.10. The van der Waals surface area contributed by atoms with E-state index in [-0.39, 0.29) is 0 Å². The van der Waals surface area contributed by atoms with E-state index in [1.54, 1.807) is 14.2 Å². The van der Waals surface area contributed by atoms with Crippen molar-refractivity contribution in [1.82, 2.24) is 9.55 Å². The molecular formula is C37H36N2O2. The molecule has 0 aliphatic heterocycles. The first-order chi connectivity index (χ1) is 20.1. The van der Waals surface area contributed by atoms with Gasteiger partial charge in [-0.2, -0.15) is 0 Å². The number of H-pyrrole nitrogens is 1. The third-order valence-electron chi connectivity index (χ3n) is 7.97. The summed E-state index contributed by atoms with van der Waals surface area (Å²) in [4.78, 5) is 3.48. The van der Waals surface area contributed by atoms with E-state index in [0.29, 0.717) is 0 Å². The summed E-state index contributed by atoms with van der Waals surface area (Å²) in [7, 11) is 3.48. The van der Waals surface area contributed by atoms with E-state index in [2.05, 4.69) is 127 Å². The molecule has 0 radical (unpaired) electrons. The first-order valence-electron chi connectivity index (χ1n) is 14.3. The van der Waals surface area contributed by atoms with E-state index in [1.807, 2.05) is 0 Å². The lowest BCUT2D eigenvalue weighted by molar-refractivity contribution is 0.420. The average molecular weight is 541 g/mol. The lowest BCUT2D eigenvalue weighted by atomic mass is 10.1. The van der Waals surface area contributed by atoms with Gasteiger partial charge in [0.15, 0.2) is 0 Å². The van der Waals surface area contributed by atoms with Gasteiger partial charge < -0.3 is 19.0 Å². The molecule has 0 spiro atoms. The molecule has 0 atom stereocenters. The highest BCUT2D eigenvalue weighted by Crippen LogP contribution is 2.37. The lowest BCUT2D eigenvalue weighted by Crippen LogP contribution is -2.03. The summed E-state index contributed by atoms with van der Waals surface area (Å²) in [6.07, 6.45) is 2.01. The summed E-state index contributed by atoms with van der Waals surface area (Å²) >= 11 is 0. The fraction of sp³-hybridized carbons (Fsp3) is 0.189. The van der Waals surface area contributed by atoms with Gasteiger partial charge >= 0.3 is 0 Å². The first kappa shape index (κ1) is 26.5. The van der Waals surface area contributed by atoms with Crippen molar-refractivity contribution < 1.29 is 9.47 Å². The monoisotopic (exact) mass is 540 g/mol. The average Bonchev–Trinajstić information content (AvgIpc) is 3.63. The van der Waals surface area contributed by atoms with Crippen LogP contribution in [0, 0.1) is 0 Å². The smallest absolute Gasteiger partial charge is 0.128 e. The van der Waals surface area contributed by atoms with E-state index < -0.39 is 0 Å². The van der Waals surface area contributed by atoms with Crippen molar-refractivity contribution >= 4 is 43.4 Å². The Morgan fingerprint density at radius 2 is 1.22 bits per heavy atom. The quantitative estimate of drug-likeness (QED) is 0.228. The van der Waals surface area contributed by atoms with Crippen molar-refractivity contribution in [3.05, 3.63) is 120 Å². The third kappa shape index (κ3) is 4.91. The Bertz CT molecular complexity index is 1960. The molecule has 1 N–H and O–H groups in total.